The van der Waals surface area contributed by atoms with E-state index in [0.29, 0.717) is 5.82 Å². The zero-order chi connectivity index (χ0) is 24.7. The molecule has 3 heterocycles. The van der Waals surface area contributed by atoms with E-state index >= 15 is 0 Å². The highest BCUT2D eigenvalue weighted by molar-refractivity contribution is 5.97. The van der Waals surface area contributed by atoms with Gasteiger partial charge >= 0.3 is 0 Å². The number of hydrogen-bond acceptors (Lipinski definition) is 7. The van der Waals surface area contributed by atoms with Crippen LogP contribution in [0.1, 0.15) is 0 Å². The van der Waals surface area contributed by atoms with Crippen LogP contribution in [0.4, 0.5) is 28.7 Å². The van der Waals surface area contributed by atoms with Crippen molar-refractivity contribution in [2.45, 2.75) is 0 Å². The summed E-state index contributed by atoms with van der Waals surface area (Å²) < 4.78 is 0. The summed E-state index contributed by atoms with van der Waals surface area (Å²) in [6.07, 6.45) is 1.85. The minimum Gasteiger partial charge on any atom is -0.369 e. The van der Waals surface area contributed by atoms with Crippen LogP contribution in [0.5, 0.6) is 0 Å². The van der Waals surface area contributed by atoms with E-state index in [1.54, 1.807) is 6.07 Å². The third kappa shape index (κ3) is 5.76. The Morgan fingerprint density at radius 1 is 0.833 bits per heavy atom. The molecule has 0 spiro atoms. The van der Waals surface area contributed by atoms with Crippen molar-refractivity contribution in [2.75, 3.05) is 48.8 Å². The zero-order valence-corrected chi connectivity index (χ0v) is 20.2. The molecule has 36 heavy (non-hydrogen) atoms. The standard InChI is InChI=1S/C27H29N9/c1-35-15-17-36(18-16-35)26-14-11-21(19-29-26)30-23-9-5-6-10-24(23)31-27(28)32-25-13-12-22(33-34-25)20-7-3-2-4-8-20/h2-14,19,30H,15-18H2,1H3,(H3,28,31,32,34). The van der Waals surface area contributed by atoms with Crippen LogP contribution in [0, 0.1) is 0 Å². The maximum absolute atomic E-state index is 6.18. The number of guanidine groups is 1. The monoisotopic (exact) mass is 479 g/mol. The maximum Gasteiger partial charge on any atom is 0.199 e. The number of likely N-dealkylation sites (N-methyl/N-ethyl adjacent to an activating group) is 1. The topological polar surface area (TPSA) is 108 Å². The molecular weight excluding hydrogens is 450 g/mol. The number of para-hydroxylation sites is 2. The van der Waals surface area contributed by atoms with Crippen molar-refractivity contribution in [3.05, 3.63) is 85.1 Å². The number of nitrogens with two attached hydrogens (primary N) is 1. The van der Waals surface area contributed by atoms with Crippen LogP contribution in [0.15, 0.2) is 90.1 Å². The fourth-order valence-electron chi connectivity index (χ4n) is 3.98. The first-order valence-corrected chi connectivity index (χ1v) is 11.9. The molecule has 0 bridgehead atoms. The van der Waals surface area contributed by atoms with Crippen LogP contribution in [0.25, 0.3) is 11.3 Å². The molecule has 9 nitrogen and oxygen atoms in total. The van der Waals surface area contributed by atoms with E-state index in [1.807, 2.05) is 72.9 Å². The molecule has 0 aliphatic carbocycles. The molecule has 0 unspecified atom stereocenters. The van der Waals surface area contributed by atoms with Crippen molar-refractivity contribution in [1.29, 1.82) is 0 Å². The van der Waals surface area contributed by atoms with Gasteiger partial charge in [0.25, 0.3) is 0 Å². The summed E-state index contributed by atoms with van der Waals surface area (Å²) in [6.45, 7) is 4.07. The maximum atomic E-state index is 6.18. The number of pyridine rings is 1. The summed E-state index contributed by atoms with van der Waals surface area (Å²) in [5.41, 5.74) is 10.5. The fourth-order valence-corrected chi connectivity index (χ4v) is 3.98. The molecule has 4 aromatic rings. The first-order chi connectivity index (χ1) is 17.6. The van der Waals surface area contributed by atoms with Crippen LogP contribution >= 0.6 is 0 Å². The quantitative estimate of drug-likeness (QED) is 0.280. The molecule has 1 aliphatic rings. The van der Waals surface area contributed by atoms with E-state index < -0.39 is 0 Å². The Balaban J connectivity index is 1.25. The van der Waals surface area contributed by atoms with Crippen molar-refractivity contribution in [1.82, 2.24) is 20.1 Å². The Kier molecular flexibility index (Phi) is 7.00. The van der Waals surface area contributed by atoms with Gasteiger partial charge in [-0.15, -0.1) is 10.2 Å². The predicted octanol–water partition coefficient (Wildman–Crippen LogP) is 4.09. The molecule has 0 atom stereocenters. The number of hydrogen-bond donors (Lipinski definition) is 3. The van der Waals surface area contributed by atoms with E-state index in [1.165, 1.54) is 0 Å². The number of rotatable bonds is 6. The minimum absolute atomic E-state index is 0.217. The predicted molar refractivity (Wildman–Crippen MR) is 146 cm³/mol. The van der Waals surface area contributed by atoms with Crippen LogP contribution in [0.3, 0.4) is 0 Å². The Bertz CT molecular complexity index is 1300. The Hall–Kier alpha value is -4.50. The molecule has 1 saturated heterocycles. The van der Waals surface area contributed by atoms with E-state index in [-0.39, 0.29) is 5.96 Å². The lowest BCUT2D eigenvalue weighted by Gasteiger charge is -2.33. The lowest BCUT2D eigenvalue weighted by atomic mass is 10.1. The van der Waals surface area contributed by atoms with Gasteiger partial charge in [0.15, 0.2) is 11.8 Å². The van der Waals surface area contributed by atoms with Crippen LogP contribution < -0.4 is 21.3 Å². The third-order valence-electron chi connectivity index (χ3n) is 6.00. The number of benzene rings is 2. The number of aliphatic imine (C=N–C) groups is 1. The summed E-state index contributed by atoms with van der Waals surface area (Å²) in [5.74, 6) is 1.64. The number of anilines is 4. The number of aromatic nitrogens is 3. The lowest BCUT2D eigenvalue weighted by molar-refractivity contribution is 0.312. The van der Waals surface area contributed by atoms with Crippen molar-refractivity contribution in [3.8, 4) is 11.3 Å². The van der Waals surface area contributed by atoms with Gasteiger partial charge in [-0.1, -0.05) is 42.5 Å². The van der Waals surface area contributed by atoms with Crippen molar-refractivity contribution >= 4 is 34.7 Å². The highest BCUT2D eigenvalue weighted by atomic mass is 15.3. The molecule has 0 radical (unpaired) electrons. The van der Waals surface area contributed by atoms with Gasteiger partial charge < -0.3 is 26.2 Å². The van der Waals surface area contributed by atoms with Gasteiger partial charge in [-0.05, 0) is 43.4 Å². The van der Waals surface area contributed by atoms with Crippen LogP contribution in [0.2, 0.25) is 0 Å². The summed E-state index contributed by atoms with van der Waals surface area (Å²) in [6, 6.07) is 25.4. The molecule has 0 amide bonds. The Labute approximate surface area is 210 Å². The number of nitrogens with zero attached hydrogens (tertiary/aromatic N) is 6. The highest BCUT2D eigenvalue weighted by Gasteiger charge is 2.15. The highest BCUT2D eigenvalue weighted by Crippen LogP contribution is 2.26. The summed E-state index contributed by atoms with van der Waals surface area (Å²) in [5, 5.41) is 15.0. The van der Waals surface area contributed by atoms with Crippen LogP contribution in [-0.4, -0.2) is 59.3 Å². The summed E-state index contributed by atoms with van der Waals surface area (Å²) in [4.78, 5) is 13.7. The SMILES string of the molecule is CN1CCN(c2ccc(Nc3ccccc3NC(N)=Nc3ccc(-c4ccccc4)nn3)cn2)CC1. The van der Waals surface area contributed by atoms with Gasteiger partial charge in [-0.3, -0.25) is 0 Å². The normalized spacial score (nSPS) is 14.5. The first-order valence-electron chi connectivity index (χ1n) is 11.9. The molecule has 0 saturated carbocycles. The minimum atomic E-state index is 0.217. The molecule has 1 aliphatic heterocycles. The van der Waals surface area contributed by atoms with Gasteiger partial charge in [0.05, 0.1) is 29.0 Å². The fraction of sp³-hybridized carbons (Fsp3) is 0.185. The van der Waals surface area contributed by atoms with Crippen LogP contribution in [-0.2, 0) is 0 Å². The number of piperazine rings is 1. The molecule has 2 aromatic carbocycles. The second kappa shape index (κ2) is 10.8. The van der Waals surface area contributed by atoms with Gasteiger partial charge in [-0.2, -0.15) is 4.99 Å². The third-order valence-corrected chi connectivity index (χ3v) is 6.00. The van der Waals surface area contributed by atoms with Gasteiger partial charge in [-0.25, -0.2) is 4.98 Å². The zero-order valence-electron chi connectivity index (χ0n) is 20.2. The Morgan fingerprint density at radius 2 is 1.58 bits per heavy atom. The second-order valence-electron chi connectivity index (χ2n) is 8.63. The van der Waals surface area contributed by atoms with Crippen molar-refractivity contribution in [3.63, 3.8) is 0 Å². The Morgan fingerprint density at radius 3 is 2.28 bits per heavy atom. The van der Waals surface area contributed by atoms with E-state index in [2.05, 4.69) is 53.7 Å². The molecule has 2 aromatic heterocycles. The molecule has 9 heteroatoms. The van der Waals surface area contributed by atoms with E-state index in [4.69, 9.17) is 5.73 Å². The van der Waals surface area contributed by atoms with Gasteiger partial charge in [0.2, 0.25) is 0 Å². The largest absolute Gasteiger partial charge is 0.369 e. The van der Waals surface area contributed by atoms with Gasteiger partial charge in [0, 0.05) is 31.7 Å². The number of nitrogens with one attached hydrogen (secondary N) is 2. The van der Waals surface area contributed by atoms with E-state index in [9.17, 15) is 0 Å². The molecule has 1 fully saturated rings. The second-order valence-corrected chi connectivity index (χ2v) is 8.63. The molecule has 182 valence electrons. The molecular formula is C27H29N9. The average Bonchev–Trinajstić information content (AvgIpc) is 2.92. The van der Waals surface area contributed by atoms with E-state index in [0.717, 1.165) is 60.3 Å². The summed E-state index contributed by atoms with van der Waals surface area (Å²) in [7, 11) is 2.15. The average molecular weight is 480 g/mol. The smallest absolute Gasteiger partial charge is 0.199 e. The lowest BCUT2D eigenvalue weighted by Crippen LogP contribution is -2.44. The molecule has 5 rings (SSSR count). The van der Waals surface area contributed by atoms with Gasteiger partial charge in [0.1, 0.15) is 5.82 Å². The van der Waals surface area contributed by atoms with Crippen molar-refractivity contribution in [2.24, 2.45) is 10.7 Å². The summed E-state index contributed by atoms with van der Waals surface area (Å²) >= 11 is 0. The molecule has 4 N–H and O–H groups in total. The first kappa shape index (κ1) is 23.3. The van der Waals surface area contributed by atoms with Crippen molar-refractivity contribution < 1.29 is 0 Å².